The van der Waals surface area contributed by atoms with Gasteiger partial charge in [-0.3, -0.25) is 24.5 Å². The number of non-ortho nitro benzene ring substituents is 1. The van der Waals surface area contributed by atoms with Crippen LogP contribution in [-0.2, 0) is 9.59 Å². The summed E-state index contributed by atoms with van der Waals surface area (Å²) in [4.78, 5) is 50.6. The van der Waals surface area contributed by atoms with Crippen molar-refractivity contribution in [2.24, 2.45) is 0 Å². The number of halogens is 2. The second-order valence-electron chi connectivity index (χ2n) is 9.34. The van der Waals surface area contributed by atoms with Crippen LogP contribution in [0.25, 0.3) is 6.08 Å². The van der Waals surface area contributed by atoms with Gasteiger partial charge in [-0.15, -0.1) is 11.8 Å². The molecule has 0 radical (unpaired) electrons. The van der Waals surface area contributed by atoms with Crippen molar-refractivity contribution in [3.63, 3.8) is 0 Å². The number of carbonyl (C=O) groups excluding carboxylic acids is 3. The van der Waals surface area contributed by atoms with Crippen LogP contribution in [0, 0.1) is 10.1 Å². The molecule has 0 bridgehead atoms. The molecule has 0 aromatic heterocycles. The summed E-state index contributed by atoms with van der Waals surface area (Å²) < 4.78 is 0. The van der Waals surface area contributed by atoms with Crippen LogP contribution in [0.3, 0.4) is 0 Å². The van der Waals surface area contributed by atoms with Crippen molar-refractivity contribution < 1.29 is 19.3 Å². The van der Waals surface area contributed by atoms with Crippen LogP contribution >= 0.6 is 35.0 Å². The molecule has 4 rings (SSSR count). The number of anilines is 2. The summed E-state index contributed by atoms with van der Waals surface area (Å²) in [5, 5.41) is 19.6. The number of hydrogen-bond donors (Lipinski definition) is 3. The number of amides is 3. The summed E-state index contributed by atoms with van der Waals surface area (Å²) in [6.07, 6.45) is 1.95. The first-order valence-electron chi connectivity index (χ1n) is 13.3. The molecule has 12 heteroatoms. The van der Waals surface area contributed by atoms with Gasteiger partial charge in [0.15, 0.2) is 0 Å². The lowest BCUT2D eigenvalue weighted by molar-refractivity contribution is -0.384. The number of nitrogens with one attached hydrogen (secondary N) is 3. The molecule has 3 N–H and O–H groups in total. The highest BCUT2D eigenvalue weighted by molar-refractivity contribution is 8.00. The molecular weight excluding hydrogens is 623 g/mol. The molecule has 0 fully saturated rings. The fourth-order valence-electron chi connectivity index (χ4n) is 3.94. The van der Waals surface area contributed by atoms with Gasteiger partial charge in [-0.25, -0.2) is 0 Å². The van der Waals surface area contributed by atoms with Crippen molar-refractivity contribution in [1.82, 2.24) is 5.32 Å². The summed E-state index contributed by atoms with van der Waals surface area (Å²) in [6, 6.07) is 25.7. The topological polar surface area (TPSA) is 130 Å². The Morgan fingerprint density at radius 1 is 0.909 bits per heavy atom. The largest absolute Gasteiger partial charge is 0.324 e. The Hall–Kier alpha value is -4.64. The second kappa shape index (κ2) is 15.2. The minimum atomic E-state index is -0.614. The Morgan fingerprint density at radius 3 is 2.30 bits per heavy atom. The van der Waals surface area contributed by atoms with E-state index in [0.717, 1.165) is 4.90 Å². The van der Waals surface area contributed by atoms with Crippen LogP contribution in [0.15, 0.2) is 108 Å². The third-order valence-electron chi connectivity index (χ3n) is 6.17. The predicted molar refractivity (Wildman–Crippen MR) is 175 cm³/mol. The quantitative estimate of drug-likeness (QED) is 0.0658. The van der Waals surface area contributed by atoms with Crippen molar-refractivity contribution in [1.29, 1.82) is 0 Å². The van der Waals surface area contributed by atoms with Gasteiger partial charge in [-0.05, 0) is 78.7 Å². The summed E-state index contributed by atoms with van der Waals surface area (Å²) in [5.74, 6) is -1.36. The standard InChI is InChI=1S/C32H26Cl2N4O5S/c1-2-29(32(41)36-27-16-13-22(33)18-26(27)34)44-25-10-6-9-23(19-25)35-31(40)28(37-30(39)21-7-4-3-5-8-21)17-20-11-14-24(15-12-20)38(42)43/h3-19,29H,2H2,1H3,(H,35,40)(H,36,41)(H,37,39)/b28-17+. The van der Waals surface area contributed by atoms with Gasteiger partial charge in [-0.1, -0.05) is 54.4 Å². The lowest BCUT2D eigenvalue weighted by Gasteiger charge is -2.16. The highest BCUT2D eigenvalue weighted by Gasteiger charge is 2.20. The molecule has 0 saturated heterocycles. The third-order valence-corrected chi connectivity index (χ3v) is 8.07. The van der Waals surface area contributed by atoms with Gasteiger partial charge in [0.2, 0.25) is 5.91 Å². The highest BCUT2D eigenvalue weighted by atomic mass is 35.5. The van der Waals surface area contributed by atoms with E-state index < -0.39 is 22.0 Å². The molecule has 9 nitrogen and oxygen atoms in total. The Labute approximate surface area is 267 Å². The smallest absolute Gasteiger partial charge is 0.272 e. The summed E-state index contributed by atoms with van der Waals surface area (Å²) >= 11 is 13.5. The zero-order chi connectivity index (χ0) is 31.6. The summed E-state index contributed by atoms with van der Waals surface area (Å²) in [6.45, 7) is 1.89. The minimum absolute atomic E-state index is 0.0728. The Morgan fingerprint density at radius 2 is 1.64 bits per heavy atom. The van der Waals surface area contributed by atoms with Crippen LogP contribution in [0.4, 0.5) is 17.1 Å². The monoisotopic (exact) mass is 648 g/mol. The van der Waals surface area contributed by atoms with Crippen molar-refractivity contribution in [3.8, 4) is 0 Å². The first-order chi connectivity index (χ1) is 21.1. The van der Waals surface area contributed by atoms with Crippen molar-refractivity contribution in [2.75, 3.05) is 10.6 Å². The van der Waals surface area contributed by atoms with E-state index in [4.69, 9.17) is 23.2 Å². The van der Waals surface area contributed by atoms with Gasteiger partial charge in [-0.2, -0.15) is 0 Å². The van der Waals surface area contributed by atoms with Gasteiger partial charge in [0.25, 0.3) is 17.5 Å². The predicted octanol–water partition coefficient (Wildman–Crippen LogP) is 7.82. The number of nitro benzene ring substituents is 1. The van der Waals surface area contributed by atoms with E-state index in [1.54, 1.807) is 66.7 Å². The van der Waals surface area contributed by atoms with Crippen molar-refractivity contribution >= 4 is 75.8 Å². The molecule has 1 unspecified atom stereocenters. The molecule has 0 saturated carbocycles. The van der Waals surface area contributed by atoms with Crippen LogP contribution < -0.4 is 16.0 Å². The van der Waals surface area contributed by atoms with E-state index in [1.807, 2.05) is 13.0 Å². The summed E-state index contributed by atoms with van der Waals surface area (Å²) in [7, 11) is 0. The Kier molecular flexibility index (Phi) is 11.1. The van der Waals surface area contributed by atoms with Gasteiger partial charge >= 0.3 is 0 Å². The van der Waals surface area contributed by atoms with Gasteiger partial charge in [0, 0.05) is 33.3 Å². The fraction of sp³-hybridized carbons (Fsp3) is 0.0938. The molecule has 0 spiro atoms. The normalized spacial score (nSPS) is 11.8. The molecule has 1 atom stereocenters. The first-order valence-corrected chi connectivity index (χ1v) is 14.9. The maximum atomic E-state index is 13.4. The zero-order valence-corrected chi connectivity index (χ0v) is 25.6. The molecular formula is C32H26Cl2N4O5S. The lowest BCUT2D eigenvalue weighted by atomic mass is 10.1. The Bertz CT molecular complexity index is 1720. The van der Waals surface area contributed by atoms with Crippen molar-refractivity contribution in [2.45, 2.75) is 23.5 Å². The van der Waals surface area contributed by atoms with E-state index in [2.05, 4.69) is 16.0 Å². The molecule has 44 heavy (non-hydrogen) atoms. The maximum Gasteiger partial charge on any atom is 0.272 e. The molecule has 0 heterocycles. The zero-order valence-electron chi connectivity index (χ0n) is 23.3. The highest BCUT2D eigenvalue weighted by Crippen LogP contribution is 2.31. The molecule has 3 amide bonds. The van der Waals surface area contributed by atoms with Crippen LogP contribution in [0.2, 0.25) is 10.0 Å². The van der Waals surface area contributed by atoms with Crippen LogP contribution in [0.5, 0.6) is 0 Å². The van der Waals surface area contributed by atoms with Crippen molar-refractivity contribution in [3.05, 3.63) is 134 Å². The minimum Gasteiger partial charge on any atom is -0.324 e. The molecule has 4 aromatic carbocycles. The number of hydrogen-bond acceptors (Lipinski definition) is 6. The Balaban J connectivity index is 1.51. The van der Waals surface area contributed by atoms with Gasteiger partial charge in [0.1, 0.15) is 5.70 Å². The lowest BCUT2D eigenvalue weighted by Crippen LogP contribution is -2.30. The van der Waals surface area contributed by atoms with E-state index in [9.17, 15) is 24.5 Å². The van der Waals surface area contributed by atoms with E-state index in [0.29, 0.717) is 39.0 Å². The van der Waals surface area contributed by atoms with Gasteiger partial charge in [0.05, 0.1) is 20.9 Å². The average molecular weight is 650 g/mol. The fourth-order valence-corrected chi connectivity index (χ4v) is 5.41. The van der Waals surface area contributed by atoms with E-state index in [1.165, 1.54) is 42.1 Å². The maximum absolute atomic E-state index is 13.4. The molecule has 224 valence electrons. The molecule has 0 aliphatic carbocycles. The number of thioether (sulfide) groups is 1. The SMILES string of the molecule is CCC(Sc1cccc(NC(=O)/C(=C\c2ccc([N+](=O)[O-])cc2)NC(=O)c2ccccc2)c1)C(=O)Nc1ccc(Cl)cc1Cl. The van der Waals surface area contributed by atoms with Crippen LogP contribution in [-0.4, -0.2) is 27.9 Å². The van der Waals surface area contributed by atoms with E-state index >= 15 is 0 Å². The average Bonchev–Trinajstić information content (AvgIpc) is 3.01. The third kappa shape index (κ3) is 8.93. The number of carbonyl (C=O) groups is 3. The second-order valence-corrected chi connectivity index (χ2v) is 11.5. The molecule has 0 aliphatic heterocycles. The van der Waals surface area contributed by atoms with Gasteiger partial charge < -0.3 is 16.0 Å². The number of rotatable bonds is 11. The van der Waals surface area contributed by atoms with E-state index in [-0.39, 0.29) is 17.3 Å². The molecule has 0 aliphatic rings. The number of nitrogens with zero attached hydrogens (tertiary/aromatic N) is 1. The number of benzene rings is 4. The first kappa shape index (κ1) is 32.3. The summed E-state index contributed by atoms with van der Waals surface area (Å²) in [5.41, 5.74) is 1.51. The number of nitro groups is 1. The van der Waals surface area contributed by atoms with Crippen LogP contribution in [0.1, 0.15) is 29.3 Å². The molecule has 4 aromatic rings.